The van der Waals surface area contributed by atoms with Crippen LogP contribution >= 0.6 is 0 Å². The monoisotopic (exact) mass is 308 g/mol. The number of nitrogens with zero attached hydrogens (tertiary/aromatic N) is 3. The number of hydrogen-bond donors (Lipinski definition) is 2. The number of nitrogens with one attached hydrogen (secondary N) is 1. The van der Waals surface area contributed by atoms with Crippen LogP contribution in [0.5, 0.6) is 0 Å². The number of imidazole rings is 1. The highest BCUT2D eigenvalue weighted by Gasteiger charge is 2.15. The highest BCUT2D eigenvalue weighted by atomic mass is 16.4. The van der Waals surface area contributed by atoms with Gasteiger partial charge in [0.1, 0.15) is 0 Å². The summed E-state index contributed by atoms with van der Waals surface area (Å²) in [6, 6.07) is 6.55. The number of aryl methyl sites for hydroxylation is 2. The number of benzene rings is 1. The van der Waals surface area contributed by atoms with Crippen molar-refractivity contribution in [3.63, 3.8) is 0 Å². The van der Waals surface area contributed by atoms with Crippen LogP contribution in [0.2, 0.25) is 0 Å². The van der Waals surface area contributed by atoms with Crippen LogP contribution in [0.1, 0.15) is 10.4 Å². The molecule has 2 heterocycles. The van der Waals surface area contributed by atoms with Gasteiger partial charge in [-0.25, -0.2) is 9.78 Å². The van der Waals surface area contributed by atoms with E-state index in [0.29, 0.717) is 17.0 Å². The van der Waals surface area contributed by atoms with E-state index in [4.69, 9.17) is 13.0 Å². The van der Waals surface area contributed by atoms with Crippen molar-refractivity contribution in [1.82, 2.24) is 14.1 Å². The lowest BCUT2D eigenvalue weighted by Crippen LogP contribution is -2.07. The third kappa shape index (κ3) is 2.59. The fraction of sp³-hybridized carbons (Fsp3) is 0.133. The van der Waals surface area contributed by atoms with E-state index < -0.39 is 11.8 Å². The van der Waals surface area contributed by atoms with E-state index in [9.17, 15) is 9.59 Å². The molecule has 0 fully saturated rings. The van der Waals surface area contributed by atoms with Gasteiger partial charge >= 0.3 is 5.97 Å². The quantitative estimate of drug-likeness (QED) is 0.724. The molecule has 0 atom stereocenters. The molecule has 0 unspecified atom stereocenters. The Morgan fingerprint density at radius 2 is 2.00 bits per heavy atom. The number of hydrogen-bond acceptors (Lipinski definition) is 3. The number of carboxylic acids is 1. The summed E-state index contributed by atoms with van der Waals surface area (Å²) in [6.07, 6.45) is 1.72. The number of fused-ring (bicyclic) bond motifs is 1. The van der Waals surface area contributed by atoms with Crippen molar-refractivity contribution in [1.29, 1.82) is 0 Å². The molecule has 8 heteroatoms. The van der Waals surface area contributed by atoms with Crippen molar-refractivity contribution in [2.75, 3.05) is 5.32 Å². The average Bonchev–Trinajstić information content (AvgIpc) is 2.98. The Kier molecular flexibility index (Phi) is 3.44. The molecule has 0 saturated heterocycles. The van der Waals surface area contributed by atoms with Crippen LogP contribution < -0.4 is 5.32 Å². The van der Waals surface area contributed by atoms with E-state index in [2.05, 4.69) is 10.3 Å². The first kappa shape index (κ1) is 14.9. The van der Waals surface area contributed by atoms with Crippen molar-refractivity contribution < 1.29 is 14.7 Å². The molecule has 0 spiro atoms. The minimum Gasteiger partial charge on any atom is -0.478 e. The standard InChI is InChI=1S/C15H13BN4O3/c1-19-7-9(17-15(16)23)6-12(19)13-18-10-5-8(14(21)22)3-4-11(10)20(13)2/h3-7H,1-2H3,(H,17,23)(H,21,22). The Hall–Kier alpha value is -3.03. The van der Waals surface area contributed by atoms with Gasteiger partial charge in [-0.15, -0.1) is 0 Å². The molecular formula is C15H13BN4O3. The van der Waals surface area contributed by atoms with E-state index in [1.54, 1.807) is 24.4 Å². The summed E-state index contributed by atoms with van der Waals surface area (Å²) in [5, 5.41) is 11.6. The molecule has 0 saturated carbocycles. The second-order valence-corrected chi connectivity index (χ2v) is 5.22. The molecule has 0 aliphatic carbocycles. The normalized spacial score (nSPS) is 10.9. The number of amides is 1. The highest BCUT2D eigenvalue weighted by Crippen LogP contribution is 2.27. The summed E-state index contributed by atoms with van der Waals surface area (Å²) < 4.78 is 3.68. The maximum atomic E-state index is 11.1. The van der Waals surface area contributed by atoms with Gasteiger partial charge in [-0.05, 0) is 24.3 Å². The zero-order chi connectivity index (χ0) is 16.7. The number of carboxylic acid groups (broad SMARTS) is 1. The number of carbonyl (C=O) groups excluding carboxylic acids is 1. The molecule has 2 radical (unpaired) electrons. The highest BCUT2D eigenvalue weighted by molar-refractivity contribution is 6.60. The first-order chi connectivity index (χ1) is 10.9. The molecule has 0 aliphatic heterocycles. The van der Waals surface area contributed by atoms with Crippen LogP contribution in [0.25, 0.3) is 22.6 Å². The molecule has 2 N–H and O–H groups in total. The fourth-order valence-electron chi connectivity index (χ4n) is 2.56. The van der Waals surface area contributed by atoms with E-state index >= 15 is 0 Å². The Morgan fingerprint density at radius 3 is 2.65 bits per heavy atom. The van der Waals surface area contributed by atoms with Crippen LogP contribution in [0, 0.1) is 0 Å². The third-order valence-corrected chi connectivity index (χ3v) is 3.63. The average molecular weight is 308 g/mol. The second kappa shape index (κ2) is 5.31. The van der Waals surface area contributed by atoms with Crippen LogP contribution in [0.15, 0.2) is 30.5 Å². The maximum absolute atomic E-state index is 11.1. The Morgan fingerprint density at radius 1 is 1.26 bits per heavy atom. The summed E-state index contributed by atoms with van der Waals surface area (Å²) in [5.41, 5.74) is 2.92. The molecule has 114 valence electrons. The van der Waals surface area contributed by atoms with Crippen molar-refractivity contribution >= 4 is 36.3 Å². The predicted octanol–water partition coefficient (Wildman–Crippen LogP) is 1.98. The Balaban J connectivity index is 2.13. The third-order valence-electron chi connectivity index (χ3n) is 3.63. The van der Waals surface area contributed by atoms with Crippen molar-refractivity contribution in [2.45, 2.75) is 0 Å². The van der Waals surface area contributed by atoms with E-state index in [0.717, 1.165) is 11.2 Å². The van der Waals surface area contributed by atoms with Gasteiger partial charge in [0, 0.05) is 20.3 Å². The summed E-state index contributed by atoms with van der Waals surface area (Å²) in [4.78, 5) is 26.5. The van der Waals surface area contributed by atoms with Gasteiger partial charge in [-0.2, -0.15) is 0 Å². The molecule has 2 aromatic heterocycles. The fourth-order valence-corrected chi connectivity index (χ4v) is 2.56. The summed E-state index contributed by atoms with van der Waals surface area (Å²) in [7, 11) is 8.79. The van der Waals surface area contributed by atoms with E-state index in [1.165, 1.54) is 6.07 Å². The summed E-state index contributed by atoms with van der Waals surface area (Å²) >= 11 is 0. The SMILES string of the molecule is [B]C(=O)Nc1cc(-c2nc3cc(C(=O)O)ccc3n2C)n(C)c1. The van der Waals surface area contributed by atoms with Gasteiger partial charge in [-0.3, -0.25) is 4.79 Å². The van der Waals surface area contributed by atoms with Crippen LogP contribution in [0.3, 0.4) is 0 Å². The van der Waals surface area contributed by atoms with Crippen molar-refractivity contribution in [3.05, 3.63) is 36.0 Å². The van der Waals surface area contributed by atoms with Crippen molar-refractivity contribution in [3.8, 4) is 11.5 Å². The minimum atomic E-state index is -0.995. The second-order valence-electron chi connectivity index (χ2n) is 5.22. The number of aromatic nitrogens is 3. The number of rotatable bonds is 3. The Bertz CT molecular complexity index is 942. The summed E-state index contributed by atoms with van der Waals surface area (Å²) in [6.45, 7) is 0. The summed E-state index contributed by atoms with van der Waals surface area (Å²) in [5.74, 6) is -0.980. The maximum Gasteiger partial charge on any atom is 0.335 e. The molecule has 23 heavy (non-hydrogen) atoms. The number of aromatic carboxylic acids is 1. The lowest BCUT2D eigenvalue weighted by atomic mass is 10.1. The van der Waals surface area contributed by atoms with Crippen LogP contribution in [-0.4, -0.2) is 38.8 Å². The van der Waals surface area contributed by atoms with Crippen molar-refractivity contribution in [2.24, 2.45) is 14.1 Å². The lowest BCUT2D eigenvalue weighted by molar-refractivity contribution is 0.0697. The van der Waals surface area contributed by atoms with Gasteiger partial charge < -0.3 is 19.6 Å². The van der Waals surface area contributed by atoms with Crippen LogP contribution in [-0.2, 0) is 14.1 Å². The minimum absolute atomic E-state index is 0.185. The van der Waals surface area contributed by atoms with E-state index in [-0.39, 0.29) is 5.56 Å². The Labute approximate surface area is 133 Å². The first-order valence-corrected chi connectivity index (χ1v) is 6.80. The van der Waals surface area contributed by atoms with Gasteiger partial charge in [0.15, 0.2) is 11.6 Å². The van der Waals surface area contributed by atoms with Gasteiger partial charge in [-0.1, -0.05) is 0 Å². The molecule has 0 aliphatic rings. The molecular weight excluding hydrogens is 295 g/mol. The predicted molar refractivity (Wildman–Crippen MR) is 86.9 cm³/mol. The number of carbonyl (C=O) groups is 2. The van der Waals surface area contributed by atoms with Gasteiger partial charge in [0.25, 0.3) is 0 Å². The zero-order valence-corrected chi connectivity index (χ0v) is 12.6. The van der Waals surface area contributed by atoms with Gasteiger partial charge in [0.05, 0.1) is 28.0 Å². The van der Waals surface area contributed by atoms with E-state index in [1.807, 2.05) is 23.2 Å². The molecule has 0 bridgehead atoms. The zero-order valence-electron chi connectivity index (χ0n) is 12.6. The topological polar surface area (TPSA) is 89.2 Å². The first-order valence-electron chi connectivity index (χ1n) is 6.80. The largest absolute Gasteiger partial charge is 0.478 e. The molecule has 3 rings (SSSR count). The molecule has 1 aromatic carbocycles. The van der Waals surface area contributed by atoms with Gasteiger partial charge in [0.2, 0.25) is 7.85 Å². The molecule has 3 aromatic rings. The van der Waals surface area contributed by atoms with Crippen LogP contribution in [0.4, 0.5) is 10.5 Å². The lowest BCUT2D eigenvalue weighted by Gasteiger charge is -2.03. The molecule has 1 amide bonds. The number of anilines is 1. The smallest absolute Gasteiger partial charge is 0.335 e. The molecule has 7 nitrogen and oxygen atoms in total.